The van der Waals surface area contributed by atoms with Gasteiger partial charge in [-0.15, -0.1) is 0 Å². The Morgan fingerprint density at radius 2 is 1.66 bits per heavy atom. The van der Waals surface area contributed by atoms with Crippen molar-refractivity contribution in [2.45, 2.75) is 71.1 Å². The van der Waals surface area contributed by atoms with Crippen LogP contribution < -0.4 is 56.7 Å². The molecule has 1 atom stereocenters. The Morgan fingerprint density at radius 1 is 1.17 bits per heavy atom. The van der Waals surface area contributed by atoms with Crippen molar-refractivity contribution in [3.05, 3.63) is 33.0 Å². The number of sulfonamides is 1. The molecule has 9 heteroatoms. The normalized spacial score (nSPS) is 16.3. The molecule has 0 spiro atoms. The number of hydrogen-bond donors (Lipinski definition) is 1. The van der Waals surface area contributed by atoms with Gasteiger partial charge in [0.1, 0.15) is 0 Å². The Balaban J connectivity index is 0.00000420. The van der Waals surface area contributed by atoms with Crippen LogP contribution in [0.15, 0.2) is 12.1 Å². The molecule has 1 aliphatic heterocycles. The Kier molecular flexibility index (Phi) is 10.6. The summed E-state index contributed by atoms with van der Waals surface area (Å²) in [7, 11) is -3.85. The number of benzene rings is 1. The quantitative estimate of drug-likeness (QED) is 0.624. The number of nitrogens with zero attached hydrogens (tertiary/aromatic N) is 2. The van der Waals surface area contributed by atoms with Gasteiger partial charge in [0.2, 0.25) is 0 Å². The molecule has 1 unspecified atom stereocenters. The average molecular weight is 468 g/mol. The van der Waals surface area contributed by atoms with Crippen molar-refractivity contribution >= 4 is 33.3 Å². The summed E-state index contributed by atoms with van der Waals surface area (Å²) in [6.07, 6.45) is 0.955. The Bertz CT molecular complexity index is 795. The van der Waals surface area contributed by atoms with Crippen LogP contribution in [0.2, 0.25) is 5.02 Å². The number of carbonyl (C=O) groups excluding carboxylic acids is 1. The van der Waals surface area contributed by atoms with Crippen LogP contribution in [-0.2, 0) is 10.0 Å². The van der Waals surface area contributed by atoms with Crippen molar-refractivity contribution in [1.82, 2.24) is 4.90 Å². The smallest absolute Gasteiger partial charge is 0.423 e. The van der Waals surface area contributed by atoms with Gasteiger partial charge in [-0.05, 0) is 54.1 Å². The van der Waals surface area contributed by atoms with Crippen LogP contribution in [0.4, 0.5) is 10.5 Å². The molecular weight excluding hydrogens is 437 g/mol. The van der Waals surface area contributed by atoms with Crippen molar-refractivity contribution in [2.75, 3.05) is 18.4 Å². The van der Waals surface area contributed by atoms with Crippen LogP contribution in [0.3, 0.4) is 0 Å². The summed E-state index contributed by atoms with van der Waals surface area (Å²) in [6.45, 7) is 13.0. The number of rotatable bonds is 7. The molecule has 1 aliphatic rings. The maximum absolute atomic E-state index is 12.5. The van der Waals surface area contributed by atoms with Gasteiger partial charge in [-0.1, -0.05) is 46.2 Å². The molecule has 1 saturated heterocycles. The first kappa shape index (κ1) is 27.4. The van der Waals surface area contributed by atoms with Gasteiger partial charge in [0, 0.05) is 24.2 Å². The number of carbonyl (C=O) groups is 1. The summed E-state index contributed by atoms with van der Waals surface area (Å²) in [5, 5.41) is 2.69. The number of halogens is 1. The second-order valence-electron chi connectivity index (χ2n) is 8.14. The van der Waals surface area contributed by atoms with Crippen LogP contribution in [0.5, 0.6) is 0 Å². The molecule has 0 saturated carbocycles. The van der Waals surface area contributed by atoms with E-state index in [2.05, 4.69) is 28.8 Å². The summed E-state index contributed by atoms with van der Waals surface area (Å²) in [4.78, 5) is 14.6. The zero-order valence-electron chi connectivity index (χ0n) is 18.5. The molecule has 1 heterocycles. The van der Waals surface area contributed by atoms with Gasteiger partial charge in [0.15, 0.2) is 16.1 Å². The molecule has 2 rings (SSSR count). The summed E-state index contributed by atoms with van der Waals surface area (Å²) in [6, 6.07) is 3.08. The molecule has 0 radical (unpaired) electrons. The molecule has 0 bridgehead atoms. The minimum atomic E-state index is -3.85. The van der Waals surface area contributed by atoms with E-state index in [4.69, 9.17) is 11.6 Å². The van der Waals surface area contributed by atoms with Crippen LogP contribution in [0, 0.1) is 0 Å². The molecule has 0 aliphatic carbocycles. The van der Waals surface area contributed by atoms with E-state index in [-0.39, 0.29) is 63.2 Å². The van der Waals surface area contributed by atoms with Gasteiger partial charge in [-0.25, -0.2) is 8.42 Å². The topological polar surface area (TPSA) is 80.6 Å². The molecule has 1 aromatic rings. The predicted molar refractivity (Wildman–Crippen MR) is 116 cm³/mol. The number of likely N-dealkylation sites (tertiary alicyclic amines) is 1. The summed E-state index contributed by atoms with van der Waals surface area (Å²) < 4.78 is 28.5. The number of urea groups is 1. The van der Waals surface area contributed by atoms with Gasteiger partial charge >= 0.3 is 51.4 Å². The zero-order chi connectivity index (χ0) is 21.2. The third-order valence-corrected chi connectivity index (χ3v) is 7.14. The standard InChI is InChI=1S/C20H32ClN3O3S.K/c1-7-14(6)24-10-16(11-24)28(26,27)23-20(25)22-19-17(12(2)3)8-15(21)9-18(19)13(4)5;/h8-9,12-14,16H,7,10-11H2,1-6H3,(H2,22,23,25);/q;+1/p-1. The monoisotopic (exact) mass is 467 g/mol. The summed E-state index contributed by atoms with van der Waals surface area (Å²) in [5.41, 5.74) is 2.33. The minimum absolute atomic E-state index is 0. The molecule has 1 aromatic carbocycles. The van der Waals surface area contributed by atoms with Gasteiger partial charge in [0.25, 0.3) is 0 Å². The third kappa shape index (κ3) is 6.90. The van der Waals surface area contributed by atoms with E-state index in [1.165, 1.54) is 0 Å². The fraction of sp³-hybridized carbons (Fsp3) is 0.650. The molecule has 1 fully saturated rings. The first-order valence-electron chi connectivity index (χ1n) is 9.81. The van der Waals surface area contributed by atoms with E-state index in [9.17, 15) is 13.2 Å². The van der Waals surface area contributed by atoms with Crippen LogP contribution in [0.25, 0.3) is 4.72 Å². The number of anilines is 1. The Labute approximate surface area is 223 Å². The van der Waals surface area contributed by atoms with Crippen molar-refractivity contribution < 1.29 is 64.6 Å². The van der Waals surface area contributed by atoms with E-state index in [1.807, 2.05) is 27.7 Å². The zero-order valence-corrected chi connectivity index (χ0v) is 23.2. The SMILES string of the molecule is CCC(C)N1CC(S(=O)(=O)[N-]C(=O)Nc2c(C(C)C)cc(Cl)cc2C(C)C)C1.[K+]. The van der Waals surface area contributed by atoms with Crippen LogP contribution in [-0.4, -0.2) is 43.7 Å². The molecule has 1 N–H and O–H groups in total. The number of amides is 2. The molecule has 6 nitrogen and oxygen atoms in total. The van der Waals surface area contributed by atoms with Crippen molar-refractivity contribution in [2.24, 2.45) is 0 Å². The predicted octanol–water partition coefficient (Wildman–Crippen LogP) is 2.31. The Hall–Kier alpha value is 0.326. The van der Waals surface area contributed by atoms with E-state index in [0.717, 1.165) is 17.5 Å². The second-order valence-corrected chi connectivity index (χ2v) is 10.5. The number of hydrogen-bond acceptors (Lipinski definition) is 4. The first-order valence-corrected chi connectivity index (χ1v) is 11.7. The van der Waals surface area contributed by atoms with Crippen LogP contribution >= 0.6 is 11.6 Å². The summed E-state index contributed by atoms with van der Waals surface area (Å²) >= 11 is 6.24. The van der Waals surface area contributed by atoms with Crippen molar-refractivity contribution in [3.8, 4) is 0 Å². The number of nitrogens with one attached hydrogen (secondary N) is 1. The Morgan fingerprint density at radius 3 is 2.07 bits per heavy atom. The van der Waals surface area contributed by atoms with E-state index in [0.29, 0.717) is 29.8 Å². The third-order valence-electron chi connectivity index (χ3n) is 5.36. The second kappa shape index (κ2) is 11.3. The molecule has 0 aromatic heterocycles. The van der Waals surface area contributed by atoms with Gasteiger partial charge in [-0.3, -0.25) is 9.69 Å². The molecule has 158 valence electrons. The first-order chi connectivity index (χ1) is 13.0. The van der Waals surface area contributed by atoms with E-state index in [1.54, 1.807) is 12.1 Å². The molecular formula is C20H31ClKN3O3S. The van der Waals surface area contributed by atoms with Crippen molar-refractivity contribution in [1.29, 1.82) is 0 Å². The fourth-order valence-electron chi connectivity index (χ4n) is 3.30. The van der Waals surface area contributed by atoms with Gasteiger partial charge in [-0.2, -0.15) is 0 Å². The molecule has 29 heavy (non-hydrogen) atoms. The van der Waals surface area contributed by atoms with Gasteiger partial charge < -0.3 is 10.0 Å². The largest absolute Gasteiger partial charge is 1.00 e. The maximum Gasteiger partial charge on any atom is 1.00 e. The fourth-order valence-corrected chi connectivity index (χ4v) is 4.72. The van der Waals surface area contributed by atoms with Crippen LogP contribution in [0.1, 0.15) is 70.9 Å². The minimum Gasteiger partial charge on any atom is -0.423 e. The van der Waals surface area contributed by atoms with Gasteiger partial charge in [0.05, 0.1) is 5.25 Å². The van der Waals surface area contributed by atoms with E-state index >= 15 is 0 Å². The van der Waals surface area contributed by atoms with E-state index < -0.39 is 21.3 Å². The average Bonchev–Trinajstić information content (AvgIpc) is 2.52. The summed E-state index contributed by atoms with van der Waals surface area (Å²) in [5.74, 6) is 0.220. The molecule has 2 amide bonds. The van der Waals surface area contributed by atoms with Crippen molar-refractivity contribution in [3.63, 3.8) is 0 Å². The maximum atomic E-state index is 12.5.